The molecule has 0 aromatic carbocycles. The van der Waals surface area contributed by atoms with Crippen LogP contribution in [0.3, 0.4) is 0 Å². The molecule has 13 heteroatoms. The number of carboxylic acid groups (broad SMARTS) is 3. The Morgan fingerprint density at radius 2 is 1.42 bits per heavy atom. The zero-order valence-corrected chi connectivity index (χ0v) is 20.7. The molecule has 90 valence electrons. The van der Waals surface area contributed by atoms with Crippen molar-refractivity contribution >= 4 is 25.6 Å². The Labute approximate surface area is 235 Å². The molecule has 0 fully saturated rings. The summed E-state index contributed by atoms with van der Waals surface area (Å²) < 4.78 is 20.9. The van der Waals surface area contributed by atoms with Gasteiger partial charge in [-0.05, 0) is 0 Å². The van der Waals surface area contributed by atoms with Crippen molar-refractivity contribution in [1.29, 1.82) is 0 Å². The van der Waals surface area contributed by atoms with E-state index in [1.165, 1.54) is 0 Å². The van der Waals surface area contributed by atoms with E-state index >= 15 is 0 Å². The predicted molar refractivity (Wildman–Crippen MR) is 36.7 cm³/mol. The third kappa shape index (κ3) is 9.81. The maximum Gasteiger partial charge on any atom is 1.00 e. The fraction of sp³-hybridized carbons (Fsp3) is 0.500. The van der Waals surface area contributed by atoms with Crippen LogP contribution in [0.2, 0.25) is 0 Å². The normalized spacial score (nSPS) is 13.3. The molecule has 0 aliphatic carbocycles. The van der Waals surface area contributed by atoms with Crippen LogP contribution in [0.15, 0.2) is 0 Å². The summed E-state index contributed by atoms with van der Waals surface area (Å²) in [6.07, 6.45) is -1.75. The molecule has 0 saturated heterocycles. The van der Waals surface area contributed by atoms with Crippen LogP contribution in [0, 0.1) is 0 Å². The maximum absolute atomic E-state index is 10.4. The summed E-state index contributed by atoms with van der Waals surface area (Å²) in [6, 6.07) is 0. The minimum Gasteiger partial charge on any atom is -0.550 e. The third-order valence-electron chi connectivity index (χ3n) is 1.65. The van der Waals surface area contributed by atoms with Gasteiger partial charge in [-0.2, -0.15) is 0 Å². The van der Waals surface area contributed by atoms with Crippen LogP contribution < -0.4 is 169 Å². The number of hydrogen-bond donors (Lipinski definition) is 1. The first-order chi connectivity index (χ1) is 7.12. The number of carboxylic acids is 3. The van der Waals surface area contributed by atoms with Crippen molar-refractivity contribution in [2.24, 2.45) is 0 Å². The minimum absolute atomic E-state index is 0. The van der Waals surface area contributed by atoms with E-state index in [1.807, 2.05) is 0 Å². The van der Waals surface area contributed by atoms with Crippen LogP contribution in [0.5, 0.6) is 0 Å². The molecule has 2 unspecified atom stereocenters. The molecule has 0 heterocycles. The molecule has 1 N–H and O–H groups in total. The summed E-state index contributed by atoms with van der Waals surface area (Å²) in [4.78, 5) is 30.8. The van der Waals surface area contributed by atoms with E-state index in [9.17, 15) is 43.9 Å². The fourth-order valence-electron chi connectivity index (χ4n) is 0.956. The minimum atomic E-state index is -3.98. The SMILES string of the molecule is O=C([O-])CC(O)(C(=O)[O-])C(C(=O)[O-])P(=O)=O.[K+].[K+].[K+]. The van der Waals surface area contributed by atoms with E-state index in [0.29, 0.717) is 0 Å². The Balaban J connectivity index is -0.000000375. The summed E-state index contributed by atoms with van der Waals surface area (Å²) in [5.41, 5.74) is -6.57. The van der Waals surface area contributed by atoms with Crippen molar-refractivity contribution in [2.75, 3.05) is 0 Å². The van der Waals surface area contributed by atoms with Crippen molar-refractivity contribution in [1.82, 2.24) is 0 Å². The van der Waals surface area contributed by atoms with Gasteiger partial charge in [-0.15, -0.1) is 0 Å². The Morgan fingerprint density at radius 1 is 1.05 bits per heavy atom. The fourth-order valence-corrected chi connectivity index (χ4v) is 1.67. The molecule has 0 bridgehead atoms. The predicted octanol–water partition coefficient (Wildman–Crippen LogP) is -14.1. The first-order valence-electron chi connectivity index (χ1n) is 3.61. The van der Waals surface area contributed by atoms with Crippen molar-refractivity contribution in [3.63, 3.8) is 0 Å². The molecule has 0 amide bonds. The molecular weight excluding hydrogens is 364 g/mol. The maximum atomic E-state index is 10.4. The topological polar surface area (TPSA) is 175 Å². The van der Waals surface area contributed by atoms with E-state index in [2.05, 4.69) is 0 Å². The average Bonchev–Trinajstić information content (AvgIpc) is 1.99. The Bertz CT molecular complexity index is 401. The second-order valence-corrected chi connectivity index (χ2v) is 3.85. The molecule has 0 spiro atoms. The number of hydrogen-bond acceptors (Lipinski definition) is 9. The molecule has 2 atom stereocenters. The molecular formula is C6H4K3O9P. The summed E-state index contributed by atoms with van der Waals surface area (Å²) in [5, 5.41) is 40.0. The summed E-state index contributed by atoms with van der Waals surface area (Å²) in [5.74, 6) is -7.18. The zero-order chi connectivity index (χ0) is 13.1. The standard InChI is InChI=1S/C6H7O9P.3K/c7-2(8)1-6(13,5(11)12)3(4(9)10)16(14)15;;;/h3,13H,1H2,(H,7,8)(H,9,10)(H,11,12);;;/q;3*+1/p-3. The number of rotatable bonds is 6. The molecule has 9 nitrogen and oxygen atoms in total. The van der Waals surface area contributed by atoms with Gasteiger partial charge < -0.3 is 34.8 Å². The van der Waals surface area contributed by atoms with Crippen molar-refractivity contribution in [3.05, 3.63) is 0 Å². The first kappa shape index (κ1) is 30.1. The van der Waals surface area contributed by atoms with Gasteiger partial charge in [0.2, 0.25) is 0 Å². The Kier molecular flexibility index (Phi) is 21.6. The molecule has 0 aromatic heterocycles. The van der Waals surface area contributed by atoms with Crippen LogP contribution in [-0.2, 0) is 23.5 Å². The first-order valence-corrected chi connectivity index (χ1v) is 4.85. The van der Waals surface area contributed by atoms with Gasteiger partial charge in [-0.3, -0.25) is 0 Å². The van der Waals surface area contributed by atoms with Gasteiger partial charge in [0.25, 0.3) is 0 Å². The van der Waals surface area contributed by atoms with Gasteiger partial charge in [0, 0.05) is 12.4 Å². The number of aliphatic hydroxyl groups is 1. The monoisotopic (exact) mass is 368 g/mol. The Morgan fingerprint density at radius 3 is 1.58 bits per heavy atom. The second kappa shape index (κ2) is 13.6. The molecule has 0 aromatic rings. The summed E-state index contributed by atoms with van der Waals surface area (Å²) in [7, 11) is -3.98. The second-order valence-electron chi connectivity index (χ2n) is 2.77. The number of aliphatic carboxylic acids is 3. The molecule has 0 aliphatic rings. The van der Waals surface area contributed by atoms with Gasteiger partial charge in [0.05, 0.1) is 11.9 Å². The van der Waals surface area contributed by atoms with Crippen LogP contribution in [0.25, 0.3) is 0 Å². The van der Waals surface area contributed by atoms with Crippen molar-refractivity contribution in [2.45, 2.75) is 17.7 Å². The third-order valence-corrected chi connectivity index (χ3v) is 2.71. The number of carbonyl (C=O) groups is 3. The van der Waals surface area contributed by atoms with Gasteiger partial charge in [-0.25, -0.2) is 9.13 Å². The smallest absolute Gasteiger partial charge is 0.550 e. The van der Waals surface area contributed by atoms with Gasteiger partial charge in [-0.1, -0.05) is 0 Å². The summed E-state index contributed by atoms with van der Waals surface area (Å²) in [6.45, 7) is 0. The molecule has 0 rings (SSSR count). The van der Waals surface area contributed by atoms with Crippen molar-refractivity contribution < 1.29 is 198 Å². The largest absolute Gasteiger partial charge is 1.00 e. The van der Waals surface area contributed by atoms with E-state index in [-0.39, 0.29) is 154 Å². The van der Waals surface area contributed by atoms with Crippen molar-refractivity contribution in [3.8, 4) is 0 Å². The zero-order valence-electron chi connectivity index (χ0n) is 10.4. The molecule has 0 aliphatic heterocycles. The summed E-state index contributed by atoms with van der Waals surface area (Å²) >= 11 is 0. The molecule has 0 saturated carbocycles. The molecule has 19 heavy (non-hydrogen) atoms. The Hall–Kier alpha value is 3.18. The number of carbonyl (C=O) groups excluding carboxylic acids is 3. The average molecular weight is 368 g/mol. The van der Waals surface area contributed by atoms with Gasteiger partial charge in [0.15, 0.2) is 0 Å². The van der Waals surface area contributed by atoms with Crippen LogP contribution in [0.4, 0.5) is 0 Å². The van der Waals surface area contributed by atoms with Gasteiger partial charge >= 0.3 is 162 Å². The van der Waals surface area contributed by atoms with Crippen LogP contribution >= 0.6 is 7.68 Å². The van der Waals surface area contributed by atoms with Crippen LogP contribution in [0.1, 0.15) is 6.42 Å². The van der Waals surface area contributed by atoms with Crippen LogP contribution in [-0.4, -0.2) is 34.3 Å². The molecule has 0 radical (unpaired) electrons. The van der Waals surface area contributed by atoms with E-state index in [0.717, 1.165) is 0 Å². The van der Waals surface area contributed by atoms with Gasteiger partial charge in [0.1, 0.15) is 11.3 Å². The quantitative estimate of drug-likeness (QED) is 0.352. The van der Waals surface area contributed by atoms with E-state index in [4.69, 9.17) is 0 Å². The van der Waals surface area contributed by atoms with E-state index < -0.39 is 43.3 Å². The van der Waals surface area contributed by atoms with E-state index in [1.54, 1.807) is 0 Å².